The van der Waals surface area contributed by atoms with Gasteiger partial charge >= 0.3 is 0 Å². The van der Waals surface area contributed by atoms with Gasteiger partial charge in [-0.3, -0.25) is 0 Å². The Hall–Kier alpha value is -0.0800. The maximum absolute atomic E-state index is 6.35. The van der Waals surface area contributed by atoms with E-state index in [9.17, 15) is 0 Å². The minimum absolute atomic E-state index is 0.349. The third kappa shape index (κ3) is 2.04. The lowest BCUT2D eigenvalue weighted by Gasteiger charge is -2.40. The van der Waals surface area contributed by atoms with Gasteiger partial charge in [0.1, 0.15) is 0 Å². The fraction of sp³-hybridized carbons (Fsp3) is 1.00. The summed E-state index contributed by atoms with van der Waals surface area (Å²) in [5, 5.41) is 0. The first-order chi connectivity index (χ1) is 7.77. The van der Waals surface area contributed by atoms with Crippen molar-refractivity contribution in [2.45, 2.75) is 59.2 Å². The average molecular weight is 239 g/mol. The van der Waals surface area contributed by atoms with Crippen LogP contribution in [0.25, 0.3) is 0 Å². The molecule has 0 aromatic rings. The monoisotopic (exact) mass is 239 g/mol. The summed E-state index contributed by atoms with van der Waals surface area (Å²) in [5.41, 5.74) is 0.869. The van der Waals surface area contributed by atoms with Crippen LogP contribution in [0.5, 0.6) is 0 Å². The van der Waals surface area contributed by atoms with Crippen LogP contribution < -0.4 is 0 Å². The minimum atomic E-state index is 0.349. The zero-order chi connectivity index (χ0) is 12.8. The highest BCUT2D eigenvalue weighted by molar-refractivity contribution is 5.11. The van der Waals surface area contributed by atoms with Crippen LogP contribution in [0, 0.1) is 16.7 Å². The first-order valence-electron chi connectivity index (χ1n) is 7.07. The standard InChI is InChI=1S/C15H29NO/c1-11(10-16(5)6)17-13-9-12-7-8-15(13,4)14(12,2)3/h11-13H,7-10H2,1-6H3/t11-,12-,13-,15-/m0/s1. The van der Waals surface area contributed by atoms with Crippen molar-refractivity contribution in [2.24, 2.45) is 16.7 Å². The summed E-state index contributed by atoms with van der Waals surface area (Å²) in [7, 11) is 4.23. The van der Waals surface area contributed by atoms with Crippen LogP contribution in [0.4, 0.5) is 0 Å². The molecule has 4 atom stereocenters. The fourth-order valence-corrected chi connectivity index (χ4v) is 4.17. The topological polar surface area (TPSA) is 12.5 Å². The van der Waals surface area contributed by atoms with Gasteiger partial charge in [0.15, 0.2) is 0 Å². The molecule has 0 N–H and O–H groups in total. The second-order valence-electron chi connectivity index (χ2n) is 7.31. The Bertz CT molecular complexity index is 287. The van der Waals surface area contributed by atoms with Crippen molar-refractivity contribution in [1.29, 1.82) is 0 Å². The van der Waals surface area contributed by atoms with Gasteiger partial charge in [0.25, 0.3) is 0 Å². The van der Waals surface area contributed by atoms with Gasteiger partial charge in [-0.2, -0.15) is 0 Å². The van der Waals surface area contributed by atoms with Gasteiger partial charge in [-0.1, -0.05) is 20.8 Å². The van der Waals surface area contributed by atoms with E-state index >= 15 is 0 Å². The zero-order valence-electron chi connectivity index (χ0n) is 12.4. The van der Waals surface area contributed by atoms with Crippen molar-refractivity contribution < 1.29 is 4.74 Å². The number of rotatable bonds is 4. The summed E-state index contributed by atoms with van der Waals surface area (Å²) in [5.74, 6) is 0.879. The maximum Gasteiger partial charge on any atom is 0.0677 e. The van der Waals surface area contributed by atoms with Crippen molar-refractivity contribution >= 4 is 0 Å². The molecule has 2 aliphatic carbocycles. The van der Waals surface area contributed by atoms with Gasteiger partial charge in [-0.15, -0.1) is 0 Å². The van der Waals surface area contributed by atoms with Crippen molar-refractivity contribution in [3.8, 4) is 0 Å². The van der Waals surface area contributed by atoms with Crippen LogP contribution in [0.1, 0.15) is 47.0 Å². The van der Waals surface area contributed by atoms with E-state index in [1.807, 2.05) is 0 Å². The Labute approximate surface area is 107 Å². The predicted octanol–water partition coefficient (Wildman–Crippen LogP) is 3.17. The normalized spacial score (nSPS) is 41.1. The molecule has 0 aromatic heterocycles. The Morgan fingerprint density at radius 1 is 1.29 bits per heavy atom. The van der Waals surface area contributed by atoms with Crippen LogP contribution in [0.2, 0.25) is 0 Å². The molecule has 2 fully saturated rings. The van der Waals surface area contributed by atoms with Gasteiger partial charge in [0.2, 0.25) is 0 Å². The van der Waals surface area contributed by atoms with Crippen molar-refractivity contribution in [2.75, 3.05) is 20.6 Å². The highest BCUT2D eigenvalue weighted by atomic mass is 16.5. The third-order valence-electron chi connectivity index (χ3n) is 5.73. The van der Waals surface area contributed by atoms with Crippen LogP contribution in [-0.2, 0) is 4.74 Å². The summed E-state index contributed by atoms with van der Waals surface area (Å²) < 4.78 is 6.35. The molecule has 17 heavy (non-hydrogen) atoms. The zero-order valence-corrected chi connectivity index (χ0v) is 12.4. The van der Waals surface area contributed by atoms with E-state index in [0.717, 1.165) is 12.5 Å². The quantitative estimate of drug-likeness (QED) is 0.747. The van der Waals surface area contributed by atoms with Crippen LogP contribution >= 0.6 is 0 Å². The molecule has 0 aromatic carbocycles. The molecule has 0 aliphatic heterocycles. The molecule has 0 saturated heterocycles. The van der Waals surface area contributed by atoms with E-state index < -0.39 is 0 Å². The van der Waals surface area contributed by atoms with E-state index in [0.29, 0.717) is 23.0 Å². The number of hydrogen-bond donors (Lipinski definition) is 0. The lowest BCUT2D eigenvalue weighted by atomic mass is 9.70. The molecule has 2 bridgehead atoms. The summed E-state index contributed by atoms with van der Waals surface area (Å²) in [6.45, 7) is 10.6. The average Bonchev–Trinajstić information content (AvgIpc) is 2.49. The highest BCUT2D eigenvalue weighted by Gasteiger charge is 2.62. The third-order valence-corrected chi connectivity index (χ3v) is 5.73. The Morgan fingerprint density at radius 2 is 1.94 bits per heavy atom. The van der Waals surface area contributed by atoms with Gasteiger partial charge in [-0.25, -0.2) is 0 Å². The second-order valence-corrected chi connectivity index (χ2v) is 7.31. The Kier molecular flexibility index (Phi) is 3.33. The Balaban J connectivity index is 2.01. The van der Waals surface area contributed by atoms with E-state index in [2.05, 4.69) is 46.7 Å². The lowest BCUT2D eigenvalue weighted by molar-refractivity contribution is -0.0852. The number of nitrogens with zero attached hydrogens (tertiary/aromatic N) is 1. The smallest absolute Gasteiger partial charge is 0.0677 e. The molecule has 2 heteroatoms. The van der Waals surface area contributed by atoms with Crippen LogP contribution in [0.3, 0.4) is 0 Å². The Morgan fingerprint density at radius 3 is 2.35 bits per heavy atom. The number of fused-ring (bicyclic) bond motifs is 2. The minimum Gasteiger partial charge on any atom is -0.373 e. The number of ether oxygens (including phenoxy) is 1. The molecule has 0 amide bonds. The van der Waals surface area contributed by atoms with E-state index in [1.54, 1.807) is 0 Å². The van der Waals surface area contributed by atoms with Gasteiger partial charge in [0.05, 0.1) is 12.2 Å². The summed E-state index contributed by atoms with van der Waals surface area (Å²) in [6.07, 6.45) is 4.87. The van der Waals surface area contributed by atoms with Crippen LogP contribution in [-0.4, -0.2) is 37.7 Å². The molecule has 0 unspecified atom stereocenters. The van der Waals surface area contributed by atoms with Crippen LogP contribution in [0.15, 0.2) is 0 Å². The highest BCUT2D eigenvalue weighted by Crippen LogP contribution is 2.66. The number of hydrogen-bond acceptors (Lipinski definition) is 2. The molecule has 2 nitrogen and oxygen atoms in total. The predicted molar refractivity (Wildman–Crippen MR) is 72.1 cm³/mol. The SMILES string of the molecule is C[C@@H](CN(C)C)O[C@H]1C[C@@H]2CC[C@]1(C)C2(C)C. The molecule has 0 radical (unpaired) electrons. The maximum atomic E-state index is 6.35. The summed E-state index contributed by atoms with van der Waals surface area (Å²) in [4.78, 5) is 2.21. The molecule has 2 rings (SSSR count). The van der Waals surface area contributed by atoms with Crippen molar-refractivity contribution in [1.82, 2.24) is 4.90 Å². The summed E-state index contributed by atoms with van der Waals surface area (Å²) >= 11 is 0. The van der Waals surface area contributed by atoms with Gasteiger partial charge in [0, 0.05) is 6.54 Å². The molecule has 0 spiro atoms. The van der Waals surface area contributed by atoms with Gasteiger partial charge in [-0.05, 0) is 57.0 Å². The fourth-order valence-electron chi connectivity index (χ4n) is 4.17. The summed E-state index contributed by atoms with van der Waals surface area (Å²) in [6, 6.07) is 0. The first kappa shape index (κ1) is 13.4. The lowest BCUT2D eigenvalue weighted by Crippen LogP contribution is -2.40. The second kappa shape index (κ2) is 4.24. The van der Waals surface area contributed by atoms with E-state index in [-0.39, 0.29) is 0 Å². The number of likely N-dealkylation sites (N-methyl/N-ethyl adjacent to an activating group) is 1. The first-order valence-corrected chi connectivity index (χ1v) is 7.07. The molecular formula is C15H29NO. The molecule has 2 saturated carbocycles. The van der Waals surface area contributed by atoms with Gasteiger partial charge < -0.3 is 9.64 Å². The van der Waals surface area contributed by atoms with Crippen molar-refractivity contribution in [3.63, 3.8) is 0 Å². The molecule has 100 valence electrons. The largest absolute Gasteiger partial charge is 0.373 e. The molecule has 0 heterocycles. The van der Waals surface area contributed by atoms with E-state index in [4.69, 9.17) is 4.74 Å². The van der Waals surface area contributed by atoms with Crippen molar-refractivity contribution in [3.05, 3.63) is 0 Å². The molecule has 2 aliphatic rings. The van der Waals surface area contributed by atoms with E-state index in [1.165, 1.54) is 19.3 Å². The molecular weight excluding hydrogens is 210 g/mol.